The van der Waals surface area contributed by atoms with Crippen LogP contribution in [0.1, 0.15) is 44.1 Å². The van der Waals surface area contributed by atoms with Crippen LogP contribution in [0.25, 0.3) is 5.57 Å². The molecule has 1 atom stereocenters. The number of nitrogens with one attached hydrogen (secondary N) is 1. The van der Waals surface area contributed by atoms with E-state index >= 15 is 0 Å². The van der Waals surface area contributed by atoms with E-state index in [0.717, 1.165) is 37.1 Å². The predicted octanol–water partition coefficient (Wildman–Crippen LogP) is 3.06. The molecule has 0 bridgehead atoms. The molecule has 0 saturated carbocycles. The fourth-order valence-electron chi connectivity index (χ4n) is 5.19. The van der Waals surface area contributed by atoms with Crippen LogP contribution in [0, 0.1) is 11.3 Å². The molecule has 1 unspecified atom stereocenters. The molecular formula is C28H36N4O5. The van der Waals surface area contributed by atoms with Gasteiger partial charge in [-0.1, -0.05) is 48.6 Å². The van der Waals surface area contributed by atoms with Crippen molar-refractivity contribution in [2.75, 3.05) is 33.3 Å². The number of amides is 2. The van der Waals surface area contributed by atoms with Crippen LogP contribution in [0.2, 0.25) is 0 Å². The first kappa shape index (κ1) is 26.6. The van der Waals surface area contributed by atoms with Crippen molar-refractivity contribution in [3.63, 3.8) is 0 Å². The molecule has 198 valence electrons. The van der Waals surface area contributed by atoms with E-state index in [1.807, 2.05) is 42.5 Å². The summed E-state index contributed by atoms with van der Waals surface area (Å²) < 4.78 is 10.3. The van der Waals surface area contributed by atoms with Gasteiger partial charge in [0.1, 0.15) is 17.4 Å². The van der Waals surface area contributed by atoms with Crippen LogP contribution in [0.5, 0.6) is 0 Å². The Hall–Kier alpha value is -3.46. The Morgan fingerprint density at radius 3 is 2.43 bits per heavy atom. The van der Waals surface area contributed by atoms with Crippen molar-refractivity contribution < 1.29 is 23.9 Å². The van der Waals surface area contributed by atoms with E-state index in [1.165, 1.54) is 7.11 Å². The summed E-state index contributed by atoms with van der Waals surface area (Å²) >= 11 is 0. The highest BCUT2D eigenvalue weighted by Gasteiger charge is 2.44. The van der Waals surface area contributed by atoms with E-state index in [4.69, 9.17) is 10.5 Å². The van der Waals surface area contributed by atoms with Crippen LogP contribution >= 0.6 is 0 Å². The minimum atomic E-state index is -1.27. The third-order valence-corrected chi connectivity index (χ3v) is 7.46. The van der Waals surface area contributed by atoms with Crippen molar-refractivity contribution >= 4 is 29.4 Å². The van der Waals surface area contributed by atoms with Gasteiger partial charge in [-0.25, -0.2) is 4.79 Å². The van der Waals surface area contributed by atoms with Crippen molar-refractivity contribution in [3.8, 4) is 0 Å². The number of allylic oxidation sites excluding steroid dienone is 3. The largest absolute Gasteiger partial charge is 0.462 e. The first-order valence-corrected chi connectivity index (χ1v) is 13.0. The summed E-state index contributed by atoms with van der Waals surface area (Å²) in [6.45, 7) is 2.75. The smallest absolute Gasteiger partial charge is 0.435 e. The standard InChI is InChI=1S/C28H36N4O5/c1-36-27(35)31-25(29)28(13-7-22(8-14-28)21-5-3-2-4-6-21)26(34)32-17-11-20(12-18-32)19-24(33)37-23-9-15-30-16-10-23/h2-8,13,20,23,30H,9-12,14-19H2,1H3,(H2,29,31,35). The van der Waals surface area contributed by atoms with Crippen molar-refractivity contribution in [1.29, 1.82) is 0 Å². The summed E-state index contributed by atoms with van der Waals surface area (Å²) in [5, 5.41) is 3.27. The SMILES string of the molecule is COC(=O)N=C(N)C1(C(=O)N2CCC(CC(=O)OC3CCNCC3)CC2)C=CC(c2ccccc2)=CC1. The summed E-state index contributed by atoms with van der Waals surface area (Å²) in [5.74, 6) is -0.275. The maximum atomic E-state index is 13.9. The Labute approximate surface area is 217 Å². The average molecular weight is 509 g/mol. The van der Waals surface area contributed by atoms with E-state index in [-0.39, 0.29) is 36.2 Å². The van der Waals surface area contributed by atoms with Gasteiger partial charge in [0, 0.05) is 19.5 Å². The number of ether oxygens (including phenoxy) is 2. The molecule has 37 heavy (non-hydrogen) atoms. The van der Waals surface area contributed by atoms with E-state index in [2.05, 4.69) is 15.0 Å². The Morgan fingerprint density at radius 1 is 1.11 bits per heavy atom. The van der Waals surface area contributed by atoms with Crippen molar-refractivity contribution in [3.05, 3.63) is 54.1 Å². The lowest BCUT2D eigenvalue weighted by molar-refractivity contribution is -0.151. The van der Waals surface area contributed by atoms with Gasteiger partial charge in [0.2, 0.25) is 5.91 Å². The molecule has 1 aromatic carbocycles. The highest BCUT2D eigenvalue weighted by atomic mass is 16.5. The zero-order chi connectivity index (χ0) is 26.3. The van der Waals surface area contributed by atoms with Gasteiger partial charge >= 0.3 is 12.1 Å². The van der Waals surface area contributed by atoms with E-state index in [9.17, 15) is 14.4 Å². The summed E-state index contributed by atoms with van der Waals surface area (Å²) in [6.07, 6.45) is 8.47. The molecule has 1 aromatic rings. The van der Waals surface area contributed by atoms with Gasteiger partial charge in [0.15, 0.2) is 0 Å². The molecule has 1 aliphatic carbocycles. The number of carbonyl (C=O) groups excluding carboxylic acids is 3. The molecule has 2 heterocycles. The first-order valence-electron chi connectivity index (χ1n) is 13.0. The number of rotatable bonds is 6. The summed E-state index contributed by atoms with van der Waals surface area (Å²) in [6, 6.07) is 9.85. The molecule has 2 aliphatic heterocycles. The molecule has 2 amide bonds. The first-order chi connectivity index (χ1) is 17.9. The number of benzene rings is 1. The van der Waals surface area contributed by atoms with E-state index < -0.39 is 11.5 Å². The Morgan fingerprint density at radius 2 is 1.81 bits per heavy atom. The zero-order valence-electron chi connectivity index (χ0n) is 21.4. The van der Waals surface area contributed by atoms with Gasteiger partial charge in [-0.15, -0.1) is 0 Å². The average Bonchev–Trinajstić information content (AvgIpc) is 2.94. The van der Waals surface area contributed by atoms with Crippen LogP contribution in [0.3, 0.4) is 0 Å². The molecule has 4 rings (SSSR count). The monoisotopic (exact) mass is 508 g/mol. The Balaban J connectivity index is 1.42. The zero-order valence-corrected chi connectivity index (χ0v) is 21.4. The number of piperidine rings is 2. The number of hydrogen-bond acceptors (Lipinski definition) is 6. The van der Waals surface area contributed by atoms with E-state index in [1.54, 1.807) is 11.0 Å². The van der Waals surface area contributed by atoms with Crippen molar-refractivity contribution in [1.82, 2.24) is 10.2 Å². The van der Waals surface area contributed by atoms with Gasteiger partial charge in [-0.05, 0) is 62.2 Å². The quantitative estimate of drug-likeness (QED) is 0.344. The number of aliphatic imine (C=N–C) groups is 1. The number of amidine groups is 1. The third kappa shape index (κ3) is 6.46. The van der Waals surface area contributed by atoms with Crippen LogP contribution in [0.15, 0.2) is 53.6 Å². The molecule has 0 radical (unpaired) electrons. The minimum absolute atomic E-state index is 0.000677. The number of nitrogens with two attached hydrogens (primary N) is 1. The third-order valence-electron chi connectivity index (χ3n) is 7.46. The number of hydrogen-bond donors (Lipinski definition) is 2. The van der Waals surface area contributed by atoms with Crippen LogP contribution in [-0.2, 0) is 19.1 Å². The predicted molar refractivity (Wildman–Crippen MR) is 141 cm³/mol. The maximum Gasteiger partial charge on any atom is 0.435 e. The summed E-state index contributed by atoms with van der Waals surface area (Å²) in [4.78, 5) is 43.8. The van der Waals surface area contributed by atoms with Gasteiger partial charge in [0.05, 0.1) is 7.11 Å². The fraction of sp³-hybridized carbons (Fsp3) is 0.500. The van der Waals surface area contributed by atoms with Crippen LogP contribution < -0.4 is 11.1 Å². The Kier molecular flexibility index (Phi) is 8.76. The van der Waals surface area contributed by atoms with Crippen LogP contribution in [0.4, 0.5) is 4.79 Å². The normalized spacial score (nSPS) is 23.3. The van der Waals surface area contributed by atoms with Crippen molar-refractivity contribution in [2.45, 2.75) is 44.6 Å². The topological polar surface area (TPSA) is 123 Å². The summed E-state index contributed by atoms with van der Waals surface area (Å²) in [5.41, 5.74) is 7.02. The molecule has 2 fully saturated rings. The second-order valence-electron chi connectivity index (χ2n) is 9.88. The second-order valence-corrected chi connectivity index (χ2v) is 9.88. The molecular weight excluding hydrogens is 472 g/mol. The lowest BCUT2D eigenvalue weighted by Crippen LogP contribution is -2.53. The molecule has 3 aliphatic rings. The highest BCUT2D eigenvalue weighted by molar-refractivity contribution is 6.12. The van der Waals surface area contributed by atoms with Crippen molar-refractivity contribution in [2.24, 2.45) is 22.1 Å². The number of methoxy groups -OCH3 is 1. The van der Waals surface area contributed by atoms with Crippen LogP contribution in [-0.4, -0.2) is 68.1 Å². The second kappa shape index (κ2) is 12.2. The molecule has 2 saturated heterocycles. The Bertz CT molecular complexity index is 1070. The van der Waals surface area contributed by atoms with Gasteiger partial charge < -0.3 is 25.4 Å². The van der Waals surface area contributed by atoms with Gasteiger partial charge in [0.25, 0.3) is 0 Å². The van der Waals surface area contributed by atoms with Gasteiger partial charge in [-0.3, -0.25) is 9.59 Å². The highest BCUT2D eigenvalue weighted by Crippen LogP contribution is 2.37. The molecule has 9 nitrogen and oxygen atoms in total. The molecule has 0 aromatic heterocycles. The lowest BCUT2D eigenvalue weighted by atomic mass is 9.76. The number of carbonyl (C=O) groups is 3. The molecule has 0 spiro atoms. The fourth-order valence-corrected chi connectivity index (χ4v) is 5.19. The maximum absolute atomic E-state index is 13.9. The minimum Gasteiger partial charge on any atom is -0.462 e. The molecule has 9 heteroatoms. The number of likely N-dealkylation sites (tertiary alicyclic amines) is 1. The van der Waals surface area contributed by atoms with Gasteiger partial charge in [-0.2, -0.15) is 4.99 Å². The van der Waals surface area contributed by atoms with E-state index in [0.29, 0.717) is 32.4 Å². The summed E-state index contributed by atoms with van der Waals surface area (Å²) in [7, 11) is 1.22. The lowest BCUT2D eigenvalue weighted by Gasteiger charge is -2.39. The number of nitrogens with zero attached hydrogens (tertiary/aromatic N) is 2. The molecule has 3 N–H and O–H groups in total. The number of esters is 1.